The molecule has 0 fully saturated rings. The van der Waals surface area contributed by atoms with Crippen molar-refractivity contribution in [2.45, 2.75) is 31.5 Å². The van der Waals surface area contributed by atoms with Gasteiger partial charge in [0.15, 0.2) is 0 Å². The van der Waals surface area contributed by atoms with Gasteiger partial charge in [0.1, 0.15) is 30.1 Å². The van der Waals surface area contributed by atoms with Gasteiger partial charge in [-0.2, -0.15) is 11.3 Å². The minimum absolute atomic E-state index is 0. The van der Waals surface area contributed by atoms with E-state index in [4.69, 9.17) is 19.7 Å². The van der Waals surface area contributed by atoms with Crippen molar-refractivity contribution in [2.24, 2.45) is 0 Å². The second-order valence-electron chi connectivity index (χ2n) is 13.0. The van der Waals surface area contributed by atoms with Gasteiger partial charge in [0, 0.05) is 68.3 Å². The summed E-state index contributed by atoms with van der Waals surface area (Å²) in [6, 6.07) is 31.4. The maximum atomic E-state index is 9.43. The fourth-order valence-corrected chi connectivity index (χ4v) is 7.53. The van der Waals surface area contributed by atoms with Crippen molar-refractivity contribution >= 4 is 107 Å². The molecule has 0 spiro atoms. The van der Waals surface area contributed by atoms with Crippen LogP contribution in [0.15, 0.2) is 119 Å². The number of carbonyl (C=O) groups is 2. The third-order valence-corrected chi connectivity index (χ3v) is 10.5. The molecule has 13 heteroatoms. The molecule has 6 aromatic rings. The summed E-state index contributed by atoms with van der Waals surface area (Å²) in [6.07, 6.45) is 4.80. The largest absolute Gasteiger partial charge is 0.486 e. The van der Waals surface area contributed by atoms with Crippen molar-refractivity contribution in [1.29, 1.82) is 0 Å². The van der Waals surface area contributed by atoms with Crippen LogP contribution in [0.4, 0.5) is 0 Å². The molecule has 0 aliphatic heterocycles. The Bertz CT molecular complexity index is 2080. The van der Waals surface area contributed by atoms with E-state index in [1.807, 2.05) is 30.5 Å². The second kappa shape index (κ2) is 23.7. The lowest BCUT2D eigenvalue weighted by Gasteiger charge is -2.22. The third kappa shape index (κ3) is 15.6. The first-order chi connectivity index (χ1) is 25.9. The number of carboxylic acids is 2. The summed E-state index contributed by atoms with van der Waals surface area (Å²) in [6.45, 7) is 1.95. The van der Waals surface area contributed by atoms with Crippen molar-refractivity contribution in [2.75, 3.05) is 41.3 Å². The van der Waals surface area contributed by atoms with E-state index in [0.717, 1.165) is 52.9 Å². The van der Waals surface area contributed by atoms with E-state index in [-0.39, 0.29) is 36.2 Å². The molecule has 9 nitrogen and oxygen atoms in total. The zero-order valence-electron chi connectivity index (χ0n) is 31.1. The first-order valence-corrected chi connectivity index (χ1v) is 20.1. The number of thiophene rings is 1. The average Bonchev–Trinajstić information content (AvgIpc) is 3.57. The number of halogens is 3. The van der Waals surface area contributed by atoms with Gasteiger partial charge in [0.25, 0.3) is 0 Å². The number of hydrogen-bond donors (Lipinski definition) is 2. The van der Waals surface area contributed by atoms with Crippen molar-refractivity contribution in [3.05, 3.63) is 133 Å². The maximum absolute atomic E-state index is 9.43. The van der Waals surface area contributed by atoms with Crippen molar-refractivity contribution in [3.63, 3.8) is 0 Å². The van der Waals surface area contributed by atoms with Crippen LogP contribution in [0.3, 0.4) is 0 Å². The molecule has 0 bridgehead atoms. The monoisotopic (exact) mass is 1050 g/mol. The highest BCUT2D eigenvalue weighted by Gasteiger charge is 2.18. The van der Waals surface area contributed by atoms with Crippen LogP contribution in [-0.4, -0.2) is 78.2 Å². The molecule has 6 rings (SSSR count). The standard InChI is InChI=1S/C20H22N2O.C19H19BrINOS.C3H4O4.HI/c1-22(2)14-12-19(17-9-6-13-21-15-17)23-20-11-5-8-16-7-3-4-10-18(16)20;1-22(2)8-7-19(17-11-24-12-18(17)20)23-16-6-4-13-9-15(21)5-3-14(13)10-16;4-2(5)1-3(6)7;/h3-11,13,15,19H,12,14H2,1-2H3;3-6,9-12,19H,7-8H2,1-2H3;1H2,(H,4,5)(H,6,7);1H. The Balaban J connectivity index is 0.000000249. The highest BCUT2D eigenvalue weighted by molar-refractivity contribution is 14.1. The molecule has 0 saturated carbocycles. The molecule has 0 radical (unpaired) electrons. The summed E-state index contributed by atoms with van der Waals surface area (Å²) in [4.78, 5) is 27.5. The van der Waals surface area contributed by atoms with Gasteiger partial charge in [0.2, 0.25) is 0 Å². The topological polar surface area (TPSA) is 112 Å². The Hall–Kier alpha value is -3.35. The van der Waals surface area contributed by atoms with Gasteiger partial charge < -0.3 is 29.5 Å². The molecule has 2 atom stereocenters. The van der Waals surface area contributed by atoms with Gasteiger partial charge in [-0.05, 0) is 125 Å². The number of aromatic nitrogens is 1. The summed E-state index contributed by atoms with van der Waals surface area (Å²) in [7, 11) is 8.35. The van der Waals surface area contributed by atoms with Crippen molar-refractivity contribution < 1.29 is 29.3 Å². The predicted octanol–water partition coefficient (Wildman–Crippen LogP) is 10.8. The first-order valence-electron chi connectivity index (χ1n) is 17.2. The van der Waals surface area contributed by atoms with E-state index in [2.05, 4.69) is 159 Å². The van der Waals surface area contributed by atoms with Crippen LogP contribution in [0.2, 0.25) is 0 Å². The SMILES string of the molecule is CN(C)CCC(Oc1ccc2cc(I)ccc2c1)c1cscc1Br.CN(C)CCC(Oc1cccc2ccccc12)c1cccnc1.I.O=C(O)CC(=O)O. The molecule has 0 amide bonds. The Morgan fingerprint density at radius 1 is 0.782 bits per heavy atom. The molecule has 2 aromatic heterocycles. The van der Waals surface area contributed by atoms with Crippen LogP contribution < -0.4 is 9.47 Å². The van der Waals surface area contributed by atoms with Crippen LogP contribution in [0.5, 0.6) is 11.5 Å². The van der Waals surface area contributed by atoms with E-state index >= 15 is 0 Å². The summed E-state index contributed by atoms with van der Waals surface area (Å²) in [5.41, 5.74) is 2.34. The lowest BCUT2D eigenvalue weighted by atomic mass is 10.1. The quantitative estimate of drug-likeness (QED) is 0.0813. The van der Waals surface area contributed by atoms with Crippen LogP contribution in [0.25, 0.3) is 21.5 Å². The minimum atomic E-state index is -1.31. The molecule has 2 unspecified atom stereocenters. The number of aliphatic carboxylic acids is 2. The van der Waals surface area contributed by atoms with Crippen LogP contribution in [0.1, 0.15) is 42.6 Å². The van der Waals surface area contributed by atoms with Gasteiger partial charge in [-0.3, -0.25) is 14.6 Å². The Morgan fingerprint density at radius 3 is 2.05 bits per heavy atom. The molecule has 2 N–H and O–H groups in total. The van der Waals surface area contributed by atoms with Crippen LogP contribution >= 0.6 is 73.8 Å². The third-order valence-electron chi connectivity index (χ3n) is 8.10. The number of rotatable bonds is 14. The highest BCUT2D eigenvalue weighted by Crippen LogP contribution is 2.34. The number of nitrogens with zero attached hydrogens (tertiary/aromatic N) is 3. The van der Waals surface area contributed by atoms with Gasteiger partial charge >= 0.3 is 11.9 Å². The normalized spacial score (nSPS) is 11.8. The minimum Gasteiger partial charge on any atom is -0.486 e. The molecular formula is C42H46BrI2N3O6S. The molecule has 4 aromatic carbocycles. The predicted molar refractivity (Wildman–Crippen MR) is 245 cm³/mol. The number of fused-ring (bicyclic) bond motifs is 2. The molecule has 0 aliphatic carbocycles. The molecular weight excluding hydrogens is 1010 g/mol. The van der Waals surface area contributed by atoms with E-state index in [1.165, 1.54) is 25.3 Å². The number of carboxylic acid groups (broad SMARTS) is 2. The number of benzene rings is 4. The van der Waals surface area contributed by atoms with Gasteiger partial charge in [-0.25, -0.2) is 0 Å². The molecule has 55 heavy (non-hydrogen) atoms. The van der Waals surface area contributed by atoms with E-state index in [9.17, 15) is 9.59 Å². The van der Waals surface area contributed by atoms with Gasteiger partial charge in [-0.1, -0.05) is 54.6 Å². The second-order valence-corrected chi connectivity index (χ2v) is 15.8. The van der Waals surface area contributed by atoms with Crippen LogP contribution in [-0.2, 0) is 9.59 Å². The van der Waals surface area contributed by atoms with Crippen molar-refractivity contribution in [3.8, 4) is 11.5 Å². The van der Waals surface area contributed by atoms with E-state index < -0.39 is 18.4 Å². The highest BCUT2D eigenvalue weighted by atomic mass is 127. The first kappa shape index (κ1) is 46.0. The Labute approximate surface area is 366 Å². The maximum Gasteiger partial charge on any atom is 0.314 e. The van der Waals surface area contributed by atoms with Crippen LogP contribution in [0, 0.1) is 3.57 Å². The Kier molecular flexibility index (Phi) is 19.8. The summed E-state index contributed by atoms with van der Waals surface area (Å²) >= 11 is 7.70. The molecule has 0 aliphatic rings. The van der Waals surface area contributed by atoms with Crippen molar-refractivity contribution in [1.82, 2.24) is 14.8 Å². The number of pyridine rings is 1. The lowest BCUT2D eigenvalue weighted by molar-refractivity contribution is -0.147. The number of ether oxygens (including phenoxy) is 2. The molecule has 292 valence electrons. The zero-order valence-corrected chi connectivity index (χ0v) is 38.0. The smallest absolute Gasteiger partial charge is 0.314 e. The van der Waals surface area contributed by atoms with E-state index in [1.54, 1.807) is 17.5 Å². The van der Waals surface area contributed by atoms with Gasteiger partial charge in [0.05, 0.1) is 0 Å². The molecule has 0 saturated heterocycles. The Morgan fingerprint density at radius 2 is 1.44 bits per heavy atom. The molecule has 2 heterocycles. The lowest BCUT2D eigenvalue weighted by Crippen LogP contribution is -2.19. The zero-order chi connectivity index (χ0) is 39.0. The fourth-order valence-electron chi connectivity index (χ4n) is 5.42. The summed E-state index contributed by atoms with van der Waals surface area (Å²) in [5.74, 6) is -0.777. The summed E-state index contributed by atoms with van der Waals surface area (Å²) in [5, 5.41) is 24.5. The van der Waals surface area contributed by atoms with E-state index in [0.29, 0.717) is 0 Å². The fraction of sp³-hybridized carbons (Fsp3) is 0.262. The average molecular weight is 1050 g/mol. The van der Waals surface area contributed by atoms with Gasteiger partial charge in [-0.15, -0.1) is 24.0 Å². The summed E-state index contributed by atoms with van der Waals surface area (Å²) < 4.78 is 15.2. The number of hydrogen-bond acceptors (Lipinski definition) is 8.